The van der Waals surface area contributed by atoms with Crippen LogP contribution in [0.3, 0.4) is 0 Å². The number of aliphatic hydroxyl groups excluding tert-OH is 2. The first kappa shape index (κ1) is 13.8. The van der Waals surface area contributed by atoms with Crippen molar-refractivity contribution in [3.63, 3.8) is 0 Å². The Kier molecular flexibility index (Phi) is 3.43. The fraction of sp³-hybridized carbons (Fsp3) is 1.00. The van der Waals surface area contributed by atoms with Crippen LogP contribution in [0.25, 0.3) is 0 Å². The van der Waals surface area contributed by atoms with E-state index in [0.29, 0.717) is 29.6 Å². The Morgan fingerprint density at radius 2 is 1.11 bits per heavy atom. The molecule has 3 heteroatoms. The topological polar surface area (TPSA) is 60.7 Å². The van der Waals surface area contributed by atoms with E-state index >= 15 is 0 Å². The molecule has 3 nitrogen and oxygen atoms in total. The smallest absolute Gasteiger partial charge is 0.0620 e. The second-order valence-corrected chi connectivity index (χ2v) is 7.93. The summed E-state index contributed by atoms with van der Waals surface area (Å²) in [5.41, 5.74) is -0.634. The molecule has 0 aromatic heterocycles. The van der Waals surface area contributed by atoms with Gasteiger partial charge in [-0.05, 0) is 82.0 Å². The van der Waals surface area contributed by atoms with E-state index in [9.17, 15) is 15.3 Å². The van der Waals surface area contributed by atoms with Crippen LogP contribution in [-0.2, 0) is 0 Å². The molecule has 19 heavy (non-hydrogen) atoms. The highest BCUT2D eigenvalue weighted by Crippen LogP contribution is 2.55. The summed E-state index contributed by atoms with van der Waals surface area (Å²) in [6.07, 6.45) is 5.27. The first-order valence-corrected chi connectivity index (χ1v) is 7.93. The Balaban J connectivity index is 1.83. The van der Waals surface area contributed by atoms with Gasteiger partial charge in [-0.15, -0.1) is 0 Å². The van der Waals surface area contributed by atoms with E-state index in [4.69, 9.17) is 0 Å². The molecular weight excluding hydrogens is 240 g/mol. The lowest BCUT2D eigenvalue weighted by Crippen LogP contribution is -2.51. The average molecular weight is 268 g/mol. The molecule has 0 spiro atoms. The molecule has 3 fully saturated rings. The highest BCUT2D eigenvalue weighted by Gasteiger charge is 2.50. The van der Waals surface area contributed by atoms with Crippen molar-refractivity contribution in [3.8, 4) is 0 Å². The third-order valence-corrected chi connectivity index (χ3v) is 6.11. The van der Waals surface area contributed by atoms with Crippen LogP contribution in [0.15, 0.2) is 0 Å². The molecule has 0 amide bonds. The van der Waals surface area contributed by atoms with Crippen LogP contribution in [0, 0.1) is 29.6 Å². The normalized spacial score (nSPS) is 50.7. The highest BCUT2D eigenvalue weighted by atomic mass is 16.3. The van der Waals surface area contributed by atoms with Crippen molar-refractivity contribution in [2.75, 3.05) is 0 Å². The summed E-state index contributed by atoms with van der Waals surface area (Å²) in [4.78, 5) is 0. The van der Waals surface area contributed by atoms with E-state index in [2.05, 4.69) is 0 Å². The van der Waals surface area contributed by atoms with Crippen molar-refractivity contribution < 1.29 is 15.3 Å². The summed E-state index contributed by atoms with van der Waals surface area (Å²) in [7, 11) is 0. The fourth-order valence-electron chi connectivity index (χ4n) is 5.38. The van der Waals surface area contributed by atoms with Gasteiger partial charge in [-0.2, -0.15) is 0 Å². The SMILES string of the molecule is CC(C)(O)C1C[C@H]2CC(O)CC3CC(O)C[C@@H](C1)C32. The van der Waals surface area contributed by atoms with E-state index in [1.807, 2.05) is 13.8 Å². The maximum absolute atomic E-state index is 10.3. The van der Waals surface area contributed by atoms with Gasteiger partial charge in [0.2, 0.25) is 0 Å². The number of aliphatic hydroxyl groups is 3. The molecule has 0 aliphatic heterocycles. The van der Waals surface area contributed by atoms with Crippen molar-refractivity contribution in [3.05, 3.63) is 0 Å². The predicted octanol–water partition coefficient (Wildman–Crippen LogP) is 1.94. The minimum atomic E-state index is -0.634. The van der Waals surface area contributed by atoms with Crippen molar-refractivity contribution >= 4 is 0 Å². The molecule has 7 atom stereocenters. The summed E-state index contributed by atoms with van der Waals surface area (Å²) in [5.74, 6) is 2.61. The number of rotatable bonds is 1. The lowest BCUT2D eigenvalue weighted by molar-refractivity contribution is -0.118. The van der Waals surface area contributed by atoms with E-state index < -0.39 is 5.60 Å². The van der Waals surface area contributed by atoms with Gasteiger partial charge in [-0.1, -0.05) is 0 Å². The monoisotopic (exact) mass is 268 g/mol. The van der Waals surface area contributed by atoms with Crippen LogP contribution in [0.1, 0.15) is 52.4 Å². The first-order valence-electron chi connectivity index (χ1n) is 7.93. The van der Waals surface area contributed by atoms with Gasteiger partial charge in [0.1, 0.15) is 0 Å². The van der Waals surface area contributed by atoms with Gasteiger partial charge in [0.05, 0.1) is 17.8 Å². The molecule has 110 valence electrons. The molecule has 0 heterocycles. The fourth-order valence-corrected chi connectivity index (χ4v) is 5.38. The summed E-state index contributed by atoms with van der Waals surface area (Å²) in [6, 6.07) is 0. The lowest BCUT2D eigenvalue weighted by Gasteiger charge is -2.55. The van der Waals surface area contributed by atoms with Gasteiger partial charge in [-0.25, -0.2) is 0 Å². The average Bonchev–Trinajstić information content (AvgIpc) is 2.25. The highest BCUT2D eigenvalue weighted by molar-refractivity contribution is 5.00. The van der Waals surface area contributed by atoms with Gasteiger partial charge in [0.15, 0.2) is 0 Å². The lowest BCUT2D eigenvalue weighted by atomic mass is 9.52. The standard InChI is InChI=1S/C16H28O3/c1-16(2,19)12-3-9-5-13(17)7-11-8-14(18)6-10(4-12)15(9)11/h9-15,17-19H,3-8H2,1-2H3/t9-,10+,11?,12?,13?,14?,15?. The zero-order chi connectivity index (χ0) is 13.8. The van der Waals surface area contributed by atoms with E-state index in [1.165, 1.54) is 0 Å². The Morgan fingerprint density at radius 3 is 1.47 bits per heavy atom. The molecule has 3 saturated carbocycles. The molecule has 0 radical (unpaired) electrons. The molecule has 3 aliphatic rings. The van der Waals surface area contributed by atoms with Gasteiger partial charge >= 0.3 is 0 Å². The van der Waals surface area contributed by atoms with E-state index in [1.54, 1.807) is 0 Å². The second kappa shape index (κ2) is 4.71. The molecule has 0 aromatic rings. The van der Waals surface area contributed by atoms with Crippen LogP contribution >= 0.6 is 0 Å². The number of hydrogen-bond acceptors (Lipinski definition) is 3. The number of hydrogen-bond donors (Lipinski definition) is 3. The Bertz CT molecular complexity index is 311. The van der Waals surface area contributed by atoms with Gasteiger partial charge in [0.25, 0.3) is 0 Å². The maximum Gasteiger partial charge on any atom is 0.0620 e. The zero-order valence-electron chi connectivity index (χ0n) is 12.1. The molecule has 0 bridgehead atoms. The first-order chi connectivity index (χ1) is 8.84. The maximum atomic E-state index is 10.3. The van der Waals surface area contributed by atoms with Crippen molar-refractivity contribution in [2.45, 2.75) is 70.2 Å². The van der Waals surface area contributed by atoms with E-state index in [0.717, 1.165) is 38.5 Å². The van der Waals surface area contributed by atoms with Gasteiger partial charge in [0, 0.05) is 0 Å². The van der Waals surface area contributed by atoms with Crippen molar-refractivity contribution in [2.24, 2.45) is 29.6 Å². The second-order valence-electron chi connectivity index (χ2n) is 7.93. The Morgan fingerprint density at radius 1 is 0.737 bits per heavy atom. The van der Waals surface area contributed by atoms with Gasteiger partial charge < -0.3 is 15.3 Å². The van der Waals surface area contributed by atoms with Crippen LogP contribution in [-0.4, -0.2) is 33.1 Å². The summed E-state index contributed by atoms with van der Waals surface area (Å²) in [5, 5.41) is 30.5. The van der Waals surface area contributed by atoms with Gasteiger partial charge in [-0.3, -0.25) is 0 Å². The zero-order valence-corrected chi connectivity index (χ0v) is 12.1. The van der Waals surface area contributed by atoms with Crippen LogP contribution in [0.5, 0.6) is 0 Å². The molecule has 5 unspecified atom stereocenters. The van der Waals surface area contributed by atoms with E-state index in [-0.39, 0.29) is 12.2 Å². The minimum Gasteiger partial charge on any atom is -0.393 e. The third kappa shape index (κ3) is 2.57. The van der Waals surface area contributed by atoms with Crippen LogP contribution in [0.2, 0.25) is 0 Å². The Labute approximate surface area is 116 Å². The molecule has 3 rings (SSSR count). The summed E-state index contributed by atoms with van der Waals surface area (Å²) in [6.45, 7) is 3.82. The predicted molar refractivity (Wildman–Crippen MR) is 73.5 cm³/mol. The van der Waals surface area contributed by atoms with Crippen molar-refractivity contribution in [1.29, 1.82) is 0 Å². The third-order valence-electron chi connectivity index (χ3n) is 6.11. The quantitative estimate of drug-likeness (QED) is 0.681. The van der Waals surface area contributed by atoms with Crippen LogP contribution < -0.4 is 0 Å². The summed E-state index contributed by atoms with van der Waals surface area (Å²) >= 11 is 0. The molecule has 0 aromatic carbocycles. The minimum absolute atomic E-state index is 0.197. The largest absolute Gasteiger partial charge is 0.393 e. The van der Waals surface area contributed by atoms with Crippen molar-refractivity contribution in [1.82, 2.24) is 0 Å². The molecule has 3 aliphatic carbocycles. The van der Waals surface area contributed by atoms with Crippen LogP contribution in [0.4, 0.5) is 0 Å². The Hall–Kier alpha value is -0.120. The molecule has 0 saturated heterocycles. The molecular formula is C16H28O3. The molecule has 3 N–H and O–H groups in total. The summed E-state index contributed by atoms with van der Waals surface area (Å²) < 4.78 is 0.